The molecule has 0 bridgehead atoms. The number of pyridine rings is 1. The van der Waals surface area contributed by atoms with Crippen molar-refractivity contribution in [2.75, 3.05) is 14.1 Å². The zero-order valence-electron chi connectivity index (χ0n) is 13.0. The standard InChI is InChI=1S/C15H15Cl2N3O3S/c1-20(2)24(22,23)12-6-4-3-5-10(12)9-18-15(21)14-11(16)7-8-13(17)19-14/h3-8H,9H2,1-2H3,(H,18,21). The fraction of sp³-hybridized carbons (Fsp3) is 0.200. The second-order valence-corrected chi connectivity index (χ2v) is 7.96. The van der Waals surface area contributed by atoms with Gasteiger partial charge in [0.2, 0.25) is 10.0 Å². The van der Waals surface area contributed by atoms with Crippen LogP contribution in [0.2, 0.25) is 10.2 Å². The summed E-state index contributed by atoms with van der Waals surface area (Å²) in [5.41, 5.74) is 0.440. The van der Waals surface area contributed by atoms with Crippen molar-refractivity contribution < 1.29 is 13.2 Å². The van der Waals surface area contributed by atoms with Crippen LogP contribution in [0.25, 0.3) is 0 Å². The van der Waals surface area contributed by atoms with Gasteiger partial charge in [-0.1, -0.05) is 41.4 Å². The van der Waals surface area contributed by atoms with Gasteiger partial charge in [-0.15, -0.1) is 0 Å². The Hall–Kier alpha value is -1.67. The van der Waals surface area contributed by atoms with E-state index >= 15 is 0 Å². The highest BCUT2D eigenvalue weighted by Gasteiger charge is 2.21. The van der Waals surface area contributed by atoms with Gasteiger partial charge < -0.3 is 5.32 Å². The third-order valence-electron chi connectivity index (χ3n) is 3.20. The molecule has 6 nitrogen and oxygen atoms in total. The number of rotatable bonds is 5. The predicted molar refractivity (Wildman–Crippen MR) is 92.7 cm³/mol. The van der Waals surface area contributed by atoms with E-state index in [0.717, 1.165) is 4.31 Å². The van der Waals surface area contributed by atoms with Crippen LogP contribution in [0.5, 0.6) is 0 Å². The summed E-state index contributed by atoms with van der Waals surface area (Å²) in [6.07, 6.45) is 0. The molecule has 0 saturated carbocycles. The number of carbonyl (C=O) groups excluding carboxylic acids is 1. The van der Waals surface area contributed by atoms with E-state index in [2.05, 4.69) is 10.3 Å². The van der Waals surface area contributed by atoms with Gasteiger partial charge in [-0.2, -0.15) is 0 Å². The largest absolute Gasteiger partial charge is 0.347 e. The molecule has 1 N–H and O–H groups in total. The van der Waals surface area contributed by atoms with E-state index in [-0.39, 0.29) is 27.3 Å². The van der Waals surface area contributed by atoms with Gasteiger partial charge in [-0.05, 0) is 23.8 Å². The van der Waals surface area contributed by atoms with E-state index in [1.807, 2.05) is 0 Å². The molecule has 0 spiro atoms. The highest BCUT2D eigenvalue weighted by Crippen LogP contribution is 2.19. The molecule has 2 rings (SSSR count). The van der Waals surface area contributed by atoms with Crippen LogP contribution in [0.3, 0.4) is 0 Å². The molecule has 9 heteroatoms. The quantitative estimate of drug-likeness (QED) is 0.799. The van der Waals surface area contributed by atoms with Crippen LogP contribution in [0.15, 0.2) is 41.3 Å². The molecule has 1 aromatic heterocycles. The first-order valence-electron chi connectivity index (χ1n) is 6.84. The number of sulfonamides is 1. The topological polar surface area (TPSA) is 79.4 Å². The Labute approximate surface area is 150 Å². The number of nitrogens with one attached hydrogen (secondary N) is 1. The summed E-state index contributed by atoms with van der Waals surface area (Å²) in [6, 6.07) is 9.37. The second kappa shape index (κ2) is 7.48. The number of halogens is 2. The average Bonchev–Trinajstić information content (AvgIpc) is 2.55. The van der Waals surface area contributed by atoms with Crippen molar-refractivity contribution in [2.45, 2.75) is 11.4 Å². The molecule has 0 saturated heterocycles. The maximum absolute atomic E-state index is 12.3. The molecule has 24 heavy (non-hydrogen) atoms. The van der Waals surface area contributed by atoms with E-state index in [4.69, 9.17) is 23.2 Å². The SMILES string of the molecule is CN(C)S(=O)(=O)c1ccccc1CNC(=O)c1nc(Cl)ccc1Cl. The fourth-order valence-electron chi connectivity index (χ4n) is 1.94. The maximum atomic E-state index is 12.3. The van der Waals surface area contributed by atoms with Crippen LogP contribution in [0.4, 0.5) is 0 Å². The Kier molecular flexibility index (Phi) is 5.82. The first-order valence-corrected chi connectivity index (χ1v) is 9.03. The van der Waals surface area contributed by atoms with Crippen LogP contribution in [0, 0.1) is 0 Å². The number of hydrogen-bond donors (Lipinski definition) is 1. The lowest BCUT2D eigenvalue weighted by atomic mass is 10.2. The molecule has 0 aliphatic rings. The number of carbonyl (C=O) groups is 1. The highest BCUT2D eigenvalue weighted by molar-refractivity contribution is 7.89. The van der Waals surface area contributed by atoms with Crippen molar-refractivity contribution in [1.82, 2.24) is 14.6 Å². The monoisotopic (exact) mass is 387 g/mol. The van der Waals surface area contributed by atoms with Crippen LogP contribution in [-0.2, 0) is 16.6 Å². The molecule has 1 amide bonds. The number of nitrogens with zero attached hydrogens (tertiary/aromatic N) is 2. The van der Waals surface area contributed by atoms with Gasteiger partial charge in [0.05, 0.1) is 9.92 Å². The molecule has 0 aliphatic heterocycles. The number of hydrogen-bond acceptors (Lipinski definition) is 4. The summed E-state index contributed by atoms with van der Waals surface area (Å²) in [4.78, 5) is 16.2. The molecule has 0 atom stereocenters. The molecule has 0 radical (unpaired) electrons. The zero-order valence-corrected chi connectivity index (χ0v) is 15.3. The maximum Gasteiger partial charge on any atom is 0.271 e. The summed E-state index contributed by atoms with van der Waals surface area (Å²) in [6.45, 7) is 0.00655. The van der Waals surface area contributed by atoms with Crippen molar-refractivity contribution in [3.8, 4) is 0 Å². The number of amides is 1. The molecule has 128 valence electrons. The third kappa shape index (κ3) is 4.05. The first kappa shape index (κ1) is 18.7. The van der Waals surface area contributed by atoms with Crippen molar-refractivity contribution in [2.24, 2.45) is 0 Å². The predicted octanol–water partition coefficient (Wildman–Crippen LogP) is 2.57. The molecule has 0 aliphatic carbocycles. The lowest BCUT2D eigenvalue weighted by molar-refractivity contribution is 0.0945. The van der Waals surface area contributed by atoms with E-state index in [1.165, 1.54) is 32.3 Å². The Bertz CT molecular complexity index is 870. The minimum absolute atomic E-state index is 0.00655. The van der Waals surface area contributed by atoms with Crippen molar-refractivity contribution >= 4 is 39.1 Å². The van der Waals surface area contributed by atoms with Gasteiger partial charge in [0.15, 0.2) is 0 Å². The van der Waals surface area contributed by atoms with Gasteiger partial charge in [-0.25, -0.2) is 17.7 Å². The third-order valence-corrected chi connectivity index (χ3v) is 5.63. The van der Waals surface area contributed by atoms with Gasteiger partial charge in [0.1, 0.15) is 10.8 Å². The summed E-state index contributed by atoms with van der Waals surface area (Å²) in [5, 5.41) is 2.90. The average molecular weight is 388 g/mol. The van der Waals surface area contributed by atoms with Gasteiger partial charge in [-0.3, -0.25) is 4.79 Å². The van der Waals surface area contributed by atoms with E-state index in [1.54, 1.807) is 18.2 Å². The minimum atomic E-state index is -3.62. The normalized spacial score (nSPS) is 11.5. The van der Waals surface area contributed by atoms with Gasteiger partial charge in [0.25, 0.3) is 5.91 Å². The van der Waals surface area contributed by atoms with Crippen LogP contribution < -0.4 is 5.32 Å². The second-order valence-electron chi connectivity index (χ2n) is 5.04. The Morgan fingerprint density at radius 1 is 1.17 bits per heavy atom. The fourth-order valence-corrected chi connectivity index (χ4v) is 3.39. The Morgan fingerprint density at radius 2 is 1.83 bits per heavy atom. The van der Waals surface area contributed by atoms with Gasteiger partial charge in [0, 0.05) is 20.6 Å². The molecular weight excluding hydrogens is 373 g/mol. The zero-order chi connectivity index (χ0) is 17.9. The smallest absolute Gasteiger partial charge is 0.271 e. The number of benzene rings is 1. The summed E-state index contributed by atoms with van der Waals surface area (Å²) >= 11 is 11.7. The number of aromatic nitrogens is 1. The lowest BCUT2D eigenvalue weighted by Gasteiger charge is -2.15. The van der Waals surface area contributed by atoms with Crippen LogP contribution in [0.1, 0.15) is 16.1 Å². The van der Waals surface area contributed by atoms with E-state index < -0.39 is 15.9 Å². The molecule has 0 fully saturated rings. The van der Waals surface area contributed by atoms with Crippen molar-refractivity contribution in [3.05, 3.63) is 57.8 Å². The van der Waals surface area contributed by atoms with Crippen molar-refractivity contribution in [1.29, 1.82) is 0 Å². The Morgan fingerprint density at radius 3 is 2.50 bits per heavy atom. The highest BCUT2D eigenvalue weighted by atomic mass is 35.5. The molecule has 0 unspecified atom stereocenters. The van der Waals surface area contributed by atoms with Crippen molar-refractivity contribution in [3.63, 3.8) is 0 Å². The molecule has 1 heterocycles. The first-order chi connectivity index (χ1) is 11.2. The molecule has 1 aromatic carbocycles. The van der Waals surface area contributed by atoms with E-state index in [9.17, 15) is 13.2 Å². The minimum Gasteiger partial charge on any atom is -0.347 e. The van der Waals surface area contributed by atoms with E-state index in [0.29, 0.717) is 5.56 Å². The lowest BCUT2D eigenvalue weighted by Crippen LogP contribution is -2.27. The summed E-state index contributed by atoms with van der Waals surface area (Å²) in [5.74, 6) is -0.542. The summed E-state index contributed by atoms with van der Waals surface area (Å²) < 4.78 is 25.8. The van der Waals surface area contributed by atoms with Crippen LogP contribution in [-0.4, -0.2) is 37.7 Å². The van der Waals surface area contributed by atoms with Crippen LogP contribution >= 0.6 is 23.2 Å². The Balaban J connectivity index is 2.24. The summed E-state index contributed by atoms with van der Waals surface area (Å²) in [7, 11) is -0.726. The van der Waals surface area contributed by atoms with Gasteiger partial charge >= 0.3 is 0 Å². The molecule has 2 aromatic rings. The molecular formula is C15H15Cl2N3O3S.